The topological polar surface area (TPSA) is 128 Å². The summed E-state index contributed by atoms with van der Waals surface area (Å²) in [6, 6.07) is 22.3. The molecule has 0 amide bonds. The third-order valence-corrected chi connectivity index (χ3v) is 13.9. The number of para-hydroxylation sites is 1. The molecule has 0 aliphatic heterocycles. The minimum absolute atomic E-state index is 0.0282. The Labute approximate surface area is 208 Å². The second kappa shape index (κ2) is 10.0. The van der Waals surface area contributed by atoms with Gasteiger partial charge in [-0.15, -0.1) is 0 Å². The van der Waals surface area contributed by atoms with E-state index in [0.717, 1.165) is 10.9 Å². The van der Waals surface area contributed by atoms with Crippen LogP contribution in [0.25, 0.3) is 10.9 Å². The number of H-pyrrole nitrogens is 1. The van der Waals surface area contributed by atoms with Gasteiger partial charge in [0, 0.05) is 0 Å². The standard InChI is InChI=1S/C24H18As2N2O5S/c27-13-16-9-10-19(18(11-16)24(30)31)25-23(29)21-12-17-7-4-8-20(22(17)28-21)26-34(32,33)14-15-5-2-1-3-6-15/h1-12,25-26,28H,14H2,(H,30,31). The average Bonchev–Trinajstić information content (AvgIpc) is 3.25. The quantitative estimate of drug-likeness (QED) is 0.295. The summed E-state index contributed by atoms with van der Waals surface area (Å²) in [5.41, 5.74) is 1.88. The number of nitrogens with zero attached hydrogens (tertiary/aromatic N) is 1. The van der Waals surface area contributed by atoms with Gasteiger partial charge in [-0.25, -0.2) is 0 Å². The number of nitriles is 1. The first-order chi connectivity index (χ1) is 16.3. The number of carboxylic acid groups (broad SMARTS) is 1. The number of fused-ring (bicyclic) bond motifs is 1. The fraction of sp³-hybridized carbons (Fsp3) is 0.0417. The van der Waals surface area contributed by atoms with Crippen LogP contribution in [0, 0.1) is 11.3 Å². The van der Waals surface area contributed by atoms with Gasteiger partial charge in [-0.2, -0.15) is 0 Å². The molecule has 170 valence electrons. The summed E-state index contributed by atoms with van der Waals surface area (Å²) in [5, 5.41) is 19.2. The minimum atomic E-state index is -3.32. The van der Waals surface area contributed by atoms with E-state index in [1.807, 2.05) is 30.3 Å². The molecule has 3 aromatic carbocycles. The predicted molar refractivity (Wildman–Crippen MR) is 133 cm³/mol. The van der Waals surface area contributed by atoms with Crippen molar-refractivity contribution in [1.29, 1.82) is 5.26 Å². The first-order valence-electron chi connectivity index (χ1n) is 10.0. The number of carboxylic acids is 1. The maximum absolute atomic E-state index is 13.0. The molecule has 7 nitrogen and oxygen atoms in total. The molecule has 0 fully saturated rings. The normalized spacial score (nSPS) is 12.0. The molecule has 0 spiro atoms. The number of carbonyl (C=O) groups excluding carboxylic acids is 1. The van der Waals surface area contributed by atoms with E-state index in [1.54, 1.807) is 30.3 Å². The summed E-state index contributed by atoms with van der Waals surface area (Å²) in [5.74, 6) is -1.21. The van der Waals surface area contributed by atoms with E-state index in [0.29, 0.717) is 19.9 Å². The molecular formula is C24H18As2N2O5S. The number of hydrogen-bond donors (Lipinski definition) is 2. The van der Waals surface area contributed by atoms with Crippen molar-refractivity contribution in [2.45, 2.75) is 5.75 Å². The Hall–Kier alpha value is -3.10. The second-order valence-corrected chi connectivity index (χ2v) is 18.1. The summed E-state index contributed by atoms with van der Waals surface area (Å²) in [6.45, 7) is 0. The number of nitrogens with one attached hydrogen (secondary N) is 1. The summed E-state index contributed by atoms with van der Waals surface area (Å²) < 4.78 is 26.6. The van der Waals surface area contributed by atoms with Crippen LogP contribution >= 0.6 is 0 Å². The van der Waals surface area contributed by atoms with E-state index in [-0.39, 0.29) is 21.5 Å². The van der Waals surface area contributed by atoms with Crippen LogP contribution in [0.5, 0.6) is 0 Å². The average molecular weight is 596 g/mol. The summed E-state index contributed by atoms with van der Waals surface area (Å²) in [7, 11) is -3.32. The van der Waals surface area contributed by atoms with Crippen LogP contribution in [0.4, 0.5) is 0 Å². The third-order valence-electron chi connectivity index (χ3n) is 4.99. The van der Waals surface area contributed by atoms with Crippen LogP contribution in [0.3, 0.4) is 0 Å². The van der Waals surface area contributed by atoms with Gasteiger partial charge in [-0.3, -0.25) is 0 Å². The van der Waals surface area contributed by atoms with Crippen molar-refractivity contribution in [2.24, 2.45) is 0 Å². The van der Waals surface area contributed by atoms with Crippen molar-refractivity contribution in [1.82, 2.24) is 4.98 Å². The number of hydrogen-bond acceptors (Lipinski definition) is 5. The number of aromatic carboxylic acids is 1. The Morgan fingerprint density at radius 1 is 0.971 bits per heavy atom. The number of aromatic nitrogens is 1. The molecule has 0 radical (unpaired) electrons. The molecule has 0 saturated carbocycles. The third kappa shape index (κ3) is 5.51. The molecule has 2 atom stereocenters. The van der Waals surface area contributed by atoms with E-state index in [2.05, 4.69) is 4.98 Å². The molecule has 0 aliphatic rings. The molecule has 0 bridgehead atoms. The van der Waals surface area contributed by atoms with Gasteiger partial charge in [0.1, 0.15) is 0 Å². The van der Waals surface area contributed by atoms with Crippen LogP contribution < -0.4 is 8.70 Å². The summed E-state index contributed by atoms with van der Waals surface area (Å²) in [4.78, 5) is 27.7. The van der Waals surface area contributed by atoms with Gasteiger partial charge < -0.3 is 0 Å². The van der Waals surface area contributed by atoms with Gasteiger partial charge in [0.15, 0.2) is 0 Å². The molecule has 2 unspecified atom stereocenters. The first-order valence-corrected chi connectivity index (χ1v) is 17.4. The Balaban J connectivity index is 1.60. The molecule has 4 aromatic rings. The van der Waals surface area contributed by atoms with E-state index in [1.165, 1.54) is 18.2 Å². The van der Waals surface area contributed by atoms with E-state index in [9.17, 15) is 23.1 Å². The first kappa shape index (κ1) is 24.0. The van der Waals surface area contributed by atoms with Gasteiger partial charge in [0.05, 0.1) is 0 Å². The molecule has 4 rings (SSSR count). The number of carbonyl (C=O) groups is 2. The zero-order chi connectivity index (χ0) is 24.3. The number of aromatic amines is 1. The SMILES string of the molecule is N#Cc1ccc([AsH]C(=O)c2cc3cccc([AsH]S(=O)(=O)Cc4ccccc4)c3[nH]2)c(C(=O)O)c1. The molecule has 1 heterocycles. The van der Waals surface area contributed by atoms with E-state index in [4.69, 9.17) is 5.26 Å². The number of benzene rings is 3. The predicted octanol–water partition coefficient (Wildman–Crippen LogP) is 1.23. The summed E-state index contributed by atoms with van der Waals surface area (Å²) >= 11 is -3.09. The molecule has 34 heavy (non-hydrogen) atoms. The van der Waals surface area contributed by atoms with Crippen molar-refractivity contribution < 1.29 is 23.1 Å². The van der Waals surface area contributed by atoms with Gasteiger partial charge in [-0.1, -0.05) is 0 Å². The fourth-order valence-electron chi connectivity index (χ4n) is 3.45. The Morgan fingerprint density at radius 3 is 2.44 bits per heavy atom. The molecule has 0 saturated heterocycles. The van der Waals surface area contributed by atoms with Gasteiger partial charge in [0.2, 0.25) is 0 Å². The van der Waals surface area contributed by atoms with Crippen LogP contribution in [-0.2, 0) is 13.9 Å². The monoisotopic (exact) mass is 596 g/mol. The molecule has 2 N–H and O–H groups in total. The molecule has 0 aliphatic carbocycles. The van der Waals surface area contributed by atoms with Crippen LogP contribution in [-0.4, -0.2) is 59.4 Å². The second-order valence-electron chi connectivity index (χ2n) is 7.43. The summed E-state index contributed by atoms with van der Waals surface area (Å²) in [6.07, 6.45) is 0. The van der Waals surface area contributed by atoms with Crippen molar-refractivity contribution in [3.05, 3.63) is 95.2 Å². The van der Waals surface area contributed by atoms with Crippen molar-refractivity contribution in [3.8, 4) is 6.07 Å². The maximum atomic E-state index is 13.0. The van der Waals surface area contributed by atoms with Gasteiger partial charge in [-0.05, 0) is 0 Å². The number of rotatable bonds is 8. The van der Waals surface area contributed by atoms with Crippen molar-refractivity contribution in [3.63, 3.8) is 0 Å². The zero-order valence-electron chi connectivity index (χ0n) is 17.6. The Morgan fingerprint density at radius 2 is 1.74 bits per heavy atom. The van der Waals surface area contributed by atoms with E-state index < -0.39 is 44.4 Å². The Bertz CT molecular complexity index is 1560. The van der Waals surface area contributed by atoms with Crippen molar-refractivity contribution >= 4 is 68.6 Å². The van der Waals surface area contributed by atoms with E-state index >= 15 is 0 Å². The van der Waals surface area contributed by atoms with Crippen LogP contribution in [0.1, 0.15) is 32.0 Å². The zero-order valence-corrected chi connectivity index (χ0v) is 22.6. The Kier molecular flexibility index (Phi) is 7.09. The molecular weight excluding hydrogens is 578 g/mol. The molecule has 1 aromatic heterocycles. The van der Waals surface area contributed by atoms with Crippen molar-refractivity contribution in [2.75, 3.05) is 0 Å². The van der Waals surface area contributed by atoms with Crippen LogP contribution in [0.2, 0.25) is 0 Å². The van der Waals surface area contributed by atoms with Gasteiger partial charge >= 0.3 is 209 Å². The van der Waals surface area contributed by atoms with Crippen LogP contribution in [0.15, 0.2) is 72.8 Å². The molecule has 10 heteroatoms. The fourth-order valence-corrected chi connectivity index (χ4v) is 12.1. The van der Waals surface area contributed by atoms with Gasteiger partial charge in [0.25, 0.3) is 0 Å².